The van der Waals surface area contributed by atoms with Crippen molar-refractivity contribution >= 4 is 70.7 Å². The van der Waals surface area contributed by atoms with Gasteiger partial charge >= 0.3 is 12.3 Å². The van der Waals surface area contributed by atoms with E-state index in [4.69, 9.17) is 28.4 Å². The molecule has 478 valence electrons. The van der Waals surface area contributed by atoms with E-state index in [-0.39, 0.29) is 10.8 Å². The molecule has 0 radical (unpaired) electrons. The molecule has 10 heteroatoms. The molecule has 13 rings (SSSR count). The van der Waals surface area contributed by atoms with Crippen LogP contribution >= 0.6 is 0 Å². The number of ether oxygens (including phenoxy) is 6. The van der Waals surface area contributed by atoms with Crippen molar-refractivity contribution in [1.29, 1.82) is 0 Å². The third kappa shape index (κ3) is 14.8. The zero-order chi connectivity index (χ0) is 65.5. The first-order valence-electron chi connectivity index (χ1n) is 33.1. The van der Waals surface area contributed by atoms with Crippen molar-refractivity contribution in [2.45, 2.75) is 75.0 Å². The summed E-state index contributed by atoms with van der Waals surface area (Å²) >= 11 is 0. The molecule has 10 nitrogen and oxygen atoms in total. The van der Waals surface area contributed by atoms with Gasteiger partial charge in [-0.3, -0.25) is 0 Å². The molecule has 0 N–H and O–H groups in total. The zero-order valence-electron chi connectivity index (χ0n) is 54.1. The zero-order valence-corrected chi connectivity index (χ0v) is 54.1. The molecule has 0 aliphatic heterocycles. The fourth-order valence-electron chi connectivity index (χ4n) is 13.8. The number of hydrogen-bond donors (Lipinski definition) is 0. The van der Waals surface area contributed by atoms with Crippen LogP contribution in [0.4, 0.5) is 43.7 Å². The van der Waals surface area contributed by atoms with E-state index in [1.165, 1.54) is 35.1 Å². The molecule has 2 aliphatic rings. The van der Waals surface area contributed by atoms with Gasteiger partial charge in [-0.2, -0.15) is 0 Å². The Morgan fingerprint density at radius 3 is 0.938 bits per heavy atom. The Balaban J connectivity index is 0.639. The molecule has 0 amide bonds. The van der Waals surface area contributed by atoms with Crippen molar-refractivity contribution in [1.82, 2.24) is 0 Å². The molecule has 0 unspecified atom stereocenters. The van der Waals surface area contributed by atoms with Gasteiger partial charge in [-0.1, -0.05) is 202 Å². The van der Waals surface area contributed by atoms with E-state index < -0.39 is 12.3 Å². The monoisotopic (exact) mass is 1260 g/mol. The van der Waals surface area contributed by atoms with E-state index in [0.29, 0.717) is 23.0 Å². The number of benzene rings is 11. The summed E-state index contributed by atoms with van der Waals surface area (Å²) in [6.45, 7) is 0. The lowest BCUT2D eigenvalue weighted by Gasteiger charge is -2.38. The van der Waals surface area contributed by atoms with Crippen molar-refractivity contribution in [3.63, 3.8) is 0 Å². The second-order valence-corrected chi connectivity index (χ2v) is 24.6. The first-order valence-corrected chi connectivity index (χ1v) is 33.1. The van der Waals surface area contributed by atoms with Gasteiger partial charge in [0, 0.05) is 57.1 Å². The van der Waals surface area contributed by atoms with Gasteiger partial charge in [-0.15, -0.1) is 0 Å². The summed E-state index contributed by atoms with van der Waals surface area (Å²) in [7, 11) is 3.38. The molecular weight excluding hydrogens is 1190 g/mol. The third-order valence-electron chi connectivity index (χ3n) is 18.6. The Labute approximate surface area is 562 Å². The van der Waals surface area contributed by atoms with E-state index in [2.05, 4.69) is 180 Å². The van der Waals surface area contributed by atoms with Crippen LogP contribution in [0.5, 0.6) is 34.5 Å². The Hall–Kier alpha value is -11.4. The van der Waals surface area contributed by atoms with Crippen LogP contribution in [0.25, 0.3) is 24.3 Å². The molecule has 0 spiro atoms. The first-order chi connectivity index (χ1) is 47.2. The van der Waals surface area contributed by atoms with Crippen LogP contribution in [-0.2, 0) is 10.8 Å². The van der Waals surface area contributed by atoms with E-state index in [1.807, 2.05) is 121 Å². The van der Waals surface area contributed by atoms with E-state index in [9.17, 15) is 9.59 Å². The quantitative estimate of drug-likeness (QED) is 0.0417. The Morgan fingerprint density at radius 1 is 0.281 bits per heavy atom. The number of hydrogen-bond acceptors (Lipinski definition) is 10. The van der Waals surface area contributed by atoms with Crippen LogP contribution in [0.1, 0.15) is 109 Å². The van der Waals surface area contributed by atoms with Crippen molar-refractivity contribution in [2.75, 3.05) is 24.0 Å². The van der Waals surface area contributed by atoms with Crippen LogP contribution in [0.15, 0.2) is 279 Å². The van der Waals surface area contributed by atoms with Crippen molar-refractivity contribution in [2.24, 2.45) is 0 Å². The number of carbonyl (C=O) groups excluding carboxylic acids is 2. The maximum atomic E-state index is 13.4. The molecule has 2 saturated carbocycles. The lowest BCUT2D eigenvalue weighted by molar-refractivity contribution is 0.150. The Morgan fingerprint density at radius 2 is 0.583 bits per heavy atom. The largest absolute Gasteiger partial charge is 0.519 e. The van der Waals surface area contributed by atoms with E-state index in [1.54, 1.807) is 26.4 Å². The fraction of sp³-hybridized carbons (Fsp3) is 0.163. The second kappa shape index (κ2) is 29.7. The number of nitrogens with zero attached hydrogens (tertiary/aromatic N) is 2. The van der Waals surface area contributed by atoms with E-state index >= 15 is 0 Å². The molecule has 0 heterocycles. The molecular formula is C86H76N2O8. The second-order valence-electron chi connectivity index (χ2n) is 24.6. The van der Waals surface area contributed by atoms with Gasteiger partial charge in [0.1, 0.15) is 34.5 Å². The van der Waals surface area contributed by atoms with E-state index in [0.717, 1.165) is 119 Å². The lowest BCUT2D eigenvalue weighted by atomic mass is 9.65. The number of anilines is 6. The van der Waals surface area contributed by atoms with Gasteiger partial charge in [-0.05, 0) is 198 Å². The van der Waals surface area contributed by atoms with Crippen LogP contribution in [-0.4, -0.2) is 26.5 Å². The van der Waals surface area contributed by atoms with Gasteiger partial charge in [0.15, 0.2) is 0 Å². The minimum absolute atomic E-state index is 0.110. The van der Waals surface area contributed by atoms with Gasteiger partial charge in [0.05, 0.1) is 14.2 Å². The summed E-state index contributed by atoms with van der Waals surface area (Å²) in [4.78, 5) is 31.0. The van der Waals surface area contributed by atoms with Crippen molar-refractivity contribution in [3.8, 4) is 34.5 Å². The highest BCUT2D eigenvalue weighted by Crippen LogP contribution is 2.48. The molecule has 11 aromatic carbocycles. The van der Waals surface area contributed by atoms with Crippen molar-refractivity contribution < 1.29 is 38.0 Å². The molecule has 2 fully saturated rings. The molecule has 0 aromatic heterocycles. The summed E-state index contributed by atoms with van der Waals surface area (Å²) in [5.74, 6) is 3.23. The minimum Gasteiger partial charge on any atom is -0.497 e. The molecule has 0 bridgehead atoms. The first kappa shape index (κ1) is 63.4. The maximum absolute atomic E-state index is 13.4. The predicted molar refractivity (Wildman–Crippen MR) is 386 cm³/mol. The third-order valence-corrected chi connectivity index (χ3v) is 18.6. The number of carbonyl (C=O) groups is 2. The predicted octanol–water partition coefficient (Wildman–Crippen LogP) is 22.6. The lowest BCUT2D eigenvalue weighted by Crippen LogP contribution is -2.30. The number of rotatable bonds is 20. The average Bonchev–Trinajstić information content (AvgIpc) is 0.781. The Kier molecular flexibility index (Phi) is 19.6. The van der Waals surface area contributed by atoms with Crippen LogP contribution in [0.3, 0.4) is 0 Å². The number of methoxy groups -OCH3 is 2. The van der Waals surface area contributed by atoms with Crippen LogP contribution in [0, 0.1) is 0 Å². The summed E-state index contributed by atoms with van der Waals surface area (Å²) < 4.78 is 34.1. The Bertz CT molecular complexity index is 4160. The maximum Gasteiger partial charge on any atom is 0.519 e. The number of para-hydroxylation sites is 2. The molecule has 96 heavy (non-hydrogen) atoms. The highest BCUT2D eigenvalue weighted by Gasteiger charge is 2.37. The van der Waals surface area contributed by atoms with Gasteiger partial charge < -0.3 is 38.2 Å². The highest BCUT2D eigenvalue weighted by molar-refractivity contribution is 5.82. The van der Waals surface area contributed by atoms with Crippen molar-refractivity contribution in [3.05, 3.63) is 324 Å². The smallest absolute Gasteiger partial charge is 0.497 e. The summed E-state index contributed by atoms with van der Waals surface area (Å²) in [6, 6.07) is 93.0. The average molecular weight is 1270 g/mol. The van der Waals surface area contributed by atoms with Gasteiger partial charge in [0.25, 0.3) is 0 Å². The molecule has 0 atom stereocenters. The van der Waals surface area contributed by atoms with Crippen LogP contribution in [0.2, 0.25) is 0 Å². The highest BCUT2D eigenvalue weighted by atomic mass is 16.7. The normalized spacial score (nSPS) is 14.1. The summed E-state index contributed by atoms with van der Waals surface area (Å²) in [5, 5.41) is 0. The summed E-state index contributed by atoms with van der Waals surface area (Å²) in [5.41, 5.74) is 14.3. The topological polar surface area (TPSA) is 96.0 Å². The van der Waals surface area contributed by atoms with Gasteiger partial charge in [0.2, 0.25) is 0 Å². The SMILES string of the molecule is COc1ccc(C2(c3ccc(OC(=O)Oc4cccc(N(c5ccccc5)c5ccc(C=Cc6cccc(C=Cc7ccc(N(c8ccccc8)c8cccc(OC(=O)Oc9ccc(C%10(c%11ccc(OC)cc%11)CCCCC%10)cc9)c8)cc7)c6)cc5)c4)cc3)CCCCC2)cc1. The molecule has 11 aromatic rings. The fourth-order valence-corrected chi connectivity index (χ4v) is 13.8. The standard InChI is InChI=1S/C86H76N2O8/c1-91-77-48-36-67(37-49-77)85(56-11-5-12-57-85)69-40-52-79(53-41-69)93-83(89)95-81-26-16-24-75(61-81)87(71-20-7-3-8-21-71)73-44-32-63(33-45-73)28-30-65-18-15-19-66(60-65)31-29-64-34-46-74(47-35-64)88(72-22-9-4-10-23-72)76-25-17-27-82(62-76)96-84(90)94-80-54-42-70(43-55-80)86(58-13-6-14-59-86)68-38-50-78(92-2)51-39-68/h3-4,7-10,15-55,60-62H,5-6,11-14,56-59H2,1-2H3. The minimum atomic E-state index is -0.813. The molecule has 0 saturated heterocycles. The molecule has 2 aliphatic carbocycles. The van der Waals surface area contributed by atoms with Crippen LogP contribution < -0.4 is 38.2 Å². The van der Waals surface area contributed by atoms with Gasteiger partial charge in [-0.25, -0.2) is 9.59 Å². The summed E-state index contributed by atoms with van der Waals surface area (Å²) in [6.07, 6.45) is 18.1.